The Hall–Kier alpha value is -0.650. The molecule has 18 heavy (non-hydrogen) atoms. The van der Waals surface area contributed by atoms with Gasteiger partial charge in [0.2, 0.25) is 0 Å². The molecule has 0 aromatic rings. The van der Waals surface area contributed by atoms with Crippen LogP contribution in [0.3, 0.4) is 0 Å². The number of nitrogens with two attached hydrogens (primary N) is 1. The Balaban J connectivity index is 0.000000134. The molecule has 3 heterocycles. The molecule has 0 bridgehead atoms. The Morgan fingerprint density at radius 3 is 2.61 bits per heavy atom. The Morgan fingerprint density at radius 1 is 1.11 bits per heavy atom. The summed E-state index contributed by atoms with van der Waals surface area (Å²) in [4.78, 5) is 9.18. The molecule has 0 unspecified atom stereocenters. The normalized spacial score (nSPS) is 24.1. The fraction of sp³-hybridized carbons (Fsp3) is 0.923. The highest BCUT2D eigenvalue weighted by atomic mass is 16.5. The molecular weight excluding hydrogens is 228 g/mol. The molecule has 0 saturated carbocycles. The molecular formula is C13H26N4O. The van der Waals surface area contributed by atoms with Crippen LogP contribution in [0.25, 0.3) is 0 Å². The van der Waals surface area contributed by atoms with Gasteiger partial charge in [-0.05, 0) is 12.8 Å². The van der Waals surface area contributed by atoms with Crippen LogP contribution in [-0.4, -0.2) is 74.7 Å². The van der Waals surface area contributed by atoms with E-state index in [0.29, 0.717) is 0 Å². The van der Waals surface area contributed by atoms with Crippen LogP contribution in [0.1, 0.15) is 19.3 Å². The zero-order chi connectivity index (χ0) is 12.6. The van der Waals surface area contributed by atoms with Crippen molar-refractivity contribution < 1.29 is 4.74 Å². The number of rotatable bonds is 2. The second kappa shape index (κ2) is 7.71. The van der Waals surface area contributed by atoms with Gasteiger partial charge >= 0.3 is 0 Å². The first kappa shape index (κ1) is 13.8. The lowest BCUT2D eigenvalue weighted by Crippen LogP contribution is -2.39. The molecule has 5 heteroatoms. The Morgan fingerprint density at radius 2 is 1.89 bits per heavy atom. The van der Waals surface area contributed by atoms with Crippen LogP contribution in [0.5, 0.6) is 0 Å². The van der Waals surface area contributed by atoms with Gasteiger partial charge in [-0.1, -0.05) is 0 Å². The summed E-state index contributed by atoms with van der Waals surface area (Å²) >= 11 is 0. The van der Waals surface area contributed by atoms with Gasteiger partial charge < -0.3 is 15.4 Å². The molecule has 3 aliphatic heterocycles. The van der Waals surface area contributed by atoms with Crippen molar-refractivity contribution in [3.8, 4) is 0 Å². The molecule has 0 aromatic carbocycles. The number of ether oxygens (including phenoxy) is 1. The first-order valence-electron chi connectivity index (χ1n) is 7.18. The predicted molar refractivity (Wildman–Crippen MR) is 74.0 cm³/mol. The maximum Gasteiger partial charge on any atom is 0.0989 e. The average Bonchev–Trinajstić information content (AvgIpc) is 2.89. The molecule has 0 aliphatic carbocycles. The van der Waals surface area contributed by atoms with Gasteiger partial charge in [0.25, 0.3) is 0 Å². The van der Waals surface area contributed by atoms with E-state index in [1.165, 1.54) is 38.2 Å². The number of nitrogens with zero attached hydrogens (tertiary/aromatic N) is 3. The summed E-state index contributed by atoms with van der Waals surface area (Å²) in [5.74, 6) is 1.38. The van der Waals surface area contributed by atoms with Crippen molar-refractivity contribution in [1.29, 1.82) is 0 Å². The third-order valence-corrected chi connectivity index (χ3v) is 3.62. The van der Waals surface area contributed by atoms with Crippen molar-refractivity contribution in [2.45, 2.75) is 19.3 Å². The number of hydrogen-bond donors (Lipinski definition) is 1. The Bertz CT molecular complexity index is 261. The molecule has 0 amide bonds. The topological polar surface area (TPSA) is 54.1 Å². The summed E-state index contributed by atoms with van der Waals surface area (Å²) in [6.07, 6.45) is 3.84. The van der Waals surface area contributed by atoms with Crippen LogP contribution in [-0.2, 0) is 4.74 Å². The van der Waals surface area contributed by atoms with Gasteiger partial charge in [0.1, 0.15) is 0 Å². The minimum absolute atomic E-state index is 0.764. The smallest absolute Gasteiger partial charge is 0.0989 e. The maximum absolute atomic E-state index is 5.38. The minimum Gasteiger partial charge on any atom is -0.379 e. The predicted octanol–water partition coefficient (Wildman–Crippen LogP) is 0.162. The molecule has 2 fully saturated rings. The van der Waals surface area contributed by atoms with Gasteiger partial charge in [0.15, 0.2) is 0 Å². The van der Waals surface area contributed by atoms with E-state index >= 15 is 0 Å². The van der Waals surface area contributed by atoms with E-state index in [2.05, 4.69) is 14.8 Å². The molecule has 5 nitrogen and oxygen atoms in total. The van der Waals surface area contributed by atoms with Crippen molar-refractivity contribution in [2.24, 2.45) is 10.7 Å². The first-order valence-corrected chi connectivity index (χ1v) is 7.18. The second-order valence-corrected chi connectivity index (χ2v) is 4.98. The Kier molecular flexibility index (Phi) is 5.90. The number of hydrogen-bond acceptors (Lipinski definition) is 5. The van der Waals surface area contributed by atoms with Crippen molar-refractivity contribution in [3.05, 3.63) is 0 Å². The first-order chi connectivity index (χ1) is 8.90. The zero-order valence-corrected chi connectivity index (χ0v) is 11.3. The third-order valence-electron chi connectivity index (χ3n) is 3.62. The minimum atomic E-state index is 0.764. The van der Waals surface area contributed by atoms with Crippen molar-refractivity contribution in [2.75, 3.05) is 59.0 Å². The summed E-state index contributed by atoms with van der Waals surface area (Å²) in [5, 5.41) is 0. The van der Waals surface area contributed by atoms with Gasteiger partial charge in [0, 0.05) is 52.2 Å². The van der Waals surface area contributed by atoms with Gasteiger partial charge in [-0.3, -0.25) is 9.89 Å². The quantitative estimate of drug-likeness (QED) is 0.763. The van der Waals surface area contributed by atoms with E-state index in [-0.39, 0.29) is 0 Å². The van der Waals surface area contributed by atoms with Crippen molar-refractivity contribution in [3.63, 3.8) is 0 Å². The van der Waals surface area contributed by atoms with Crippen LogP contribution in [0.15, 0.2) is 4.99 Å². The SMILES string of the molecule is C1CN=C2CCCN2C1.NCCN1CCOCC1. The van der Waals surface area contributed by atoms with Crippen LogP contribution in [0.2, 0.25) is 0 Å². The van der Waals surface area contributed by atoms with Gasteiger partial charge in [-0.25, -0.2) is 0 Å². The summed E-state index contributed by atoms with van der Waals surface area (Å²) < 4.78 is 5.16. The molecule has 3 aliphatic rings. The molecule has 0 spiro atoms. The number of fused-ring (bicyclic) bond motifs is 1. The molecule has 0 atom stereocenters. The summed E-state index contributed by atoms with van der Waals surface area (Å²) in [6.45, 7) is 9.24. The Labute approximate surface area is 110 Å². The maximum atomic E-state index is 5.38. The molecule has 2 saturated heterocycles. The van der Waals surface area contributed by atoms with E-state index < -0.39 is 0 Å². The van der Waals surface area contributed by atoms with Gasteiger partial charge in [0.05, 0.1) is 19.0 Å². The molecule has 0 radical (unpaired) electrons. The van der Waals surface area contributed by atoms with Crippen LogP contribution >= 0.6 is 0 Å². The van der Waals surface area contributed by atoms with Crippen molar-refractivity contribution in [1.82, 2.24) is 9.80 Å². The third kappa shape index (κ3) is 4.23. The van der Waals surface area contributed by atoms with E-state index in [1.807, 2.05) is 0 Å². The van der Waals surface area contributed by atoms with Gasteiger partial charge in [-0.15, -0.1) is 0 Å². The lowest BCUT2D eigenvalue weighted by Gasteiger charge is -2.25. The lowest BCUT2D eigenvalue weighted by atomic mass is 10.3. The average molecular weight is 254 g/mol. The lowest BCUT2D eigenvalue weighted by molar-refractivity contribution is 0.0394. The highest BCUT2D eigenvalue weighted by Gasteiger charge is 2.19. The summed E-state index contributed by atoms with van der Waals surface area (Å²) in [7, 11) is 0. The molecule has 3 rings (SSSR count). The summed E-state index contributed by atoms with van der Waals surface area (Å²) in [6, 6.07) is 0. The van der Waals surface area contributed by atoms with Crippen molar-refractivity contribution >= 4 is 5.84 Å². The molecule has 104 valence electrons. The fourth-order valence-corrected chi connectivity index (χ4v) is 2.61. The molecule has 2 N–H and O–H groups in total. The standard InChI is InChI=1S/C7H12N2.C6H14N2O/c1-3-7-8-4-2-6-9(7)5-1;7-1-2-8-3-5-9-6-4-8/h1-6H2;1-7H2. The van der Waals surface area contributed by atoms with E-state index in [0.717, 1.165) is 45.9 Å². The van der Waals surface area contributed by atoms with E-state index in [4.69, 9.17) is 10.5 Å². The largest absolute Gasteiger partial charge is 0.379 e. The number of amidine groups is 1. The van der Waals surface area contributed by atoms with Crippen LogP contribution < -0.4 is 5.73 Å². The van der Waals surface area contributed by atoms with Gasteiger partial charge in [-0.2, -0.15) is 0 Å². The summed E-state index contributed by atoms with van der Waals surface area (Å²) in [5.41, 5.74) is 5.38. The number of aliphatic imine (C=N–C) groups is 1. The highest BCUT2D eigenvalue weighted by Crippen LogP contribution is 2.14. The molecule has 0 aromatic heterocycles. The zero-order valence-electron chi connectivity index (χ0n) is 11.3. The monoisotopic (exact) mass is 254 g/mol. The number of morpholine rings is 1. The van der Waals surface area contributed by atoms with Crippen LogP contribution in [0.4, 0.5) is 0 Å². The second-order valence-electron chi connectivity index (χ2n) is 4.98. The van der Waals surface area contributed by atoms with E-state index in [1.54, 1.807) is 0 Å². The fourth-order valence-electron chi connectivity index (χ4n) is 2.61. The van der Waals surface area contributed by atoms with Crippen LogP contribution in [0, 0.1) is 0 Å². The van der Waals surface area contributed by atoms with E-state index in [9.17, 15) is 0 Å². The highest BCUT2D eigenvalue weighted by molar-refractivity contribution is 5.84.